The van der Waals surface area contributed by atoms with Crippen molar-refractivity contribution in [2.75, 3.05) is 49.8 Å². The number of imidazole rings is 1. The van der Waals surface area contributed by atoms with Crippen LogP contribution in [0.5, 0.6) is 5.75 Å². The molecule has 1 aliphatic rings. The Kier molecular flexibility index (Phi) is 10.3. The average Bonchev–Trinajstić information content (AvgIpc) is 3.89. The van der Waals surface area contributed by atoms with Crippen molar-refractivity contribution >= 4 is 36.7 Å². The minimum absolute atomic E-state index is 0.0618. The van der Waals surface area contributed by atoms with Crippen LogP contribution in [0.4, 0.5) is 29.5 Å². The third kappa shape index (κ3) is 7.84. The first-order valence-corrected chi connectivity index (χ1v) is 20.9. The van der Waals surface area contributed by atoms with Crippen molar-refractivity contribution in [3.05, 3.63) is 78.0 Å². The van der Waals surface area contributed by atoms with Crippen LogP contribution in [0.3, 0.4) is 0 Å². The molecule has 280 valence electrons. The minimum Gasteiger partial charge on any atom is -0.497 e. The lowest BCUT2D eigenvalue weighted by molar-refractivity contribution is 0.0566. The summed E-state index contributed by atoms with van der Waals surface area (Å²) in [5, 5.41) is 8.47. The van der Waals surface area contributed by atoms with E-state index in [1.165, 1.54) is 24.7 Å². The largest absolute Gasteiger partial charge is 0.497 e. The van der Waals surface area contributed by atoms with Crippen LogP contribution >= 0.6 is 0 Å². The molecule has 13 nitrogen and oxygen atoms in total. The van der Waals surface area contributed by atoms with Gasteiger partial charge in [-0.25, -0.2) is 18.4 Å². The van der Waals surface area contributed by atoms with Gasteiger partial charge in [-0.1, -0.05) is 31.8 Å². The molecule has 5 heterocycles. The van der Waals surface area contributed by atoms with E-state index in [1.54, 1.807) is 16.2 Å². The fourth-order valence-corrected chi connectivity index (χ4v) is 6.81. The van der Waals surface area contributed by atoms with E-state index in [4.69, 9.17) is 24.2 Å². The van der Waals surface area contributed by atoms with Crippen molar-refractivity contribution in [3.63, 3.8) is 0 Å². The third-order valence-corrected chi connectivity index (χ3v) is 10.7. The molecular formula is C35H40F4N10O3Si. The Morgan fingerprint density at radius 1 is 0.943 bits per heavy atom. The number of anilines is 2. The fourth-order valence-electron chi connectivity index (χ4n) is 6.05. The van der Waals surface area contributed by atoms with Crippen molar-refractivity contribution in [2.45, 2.75) is 52.1 Å². The number of alkyl halides is 2. The predicted octanol–water partition coefficient (Wildman–Crippen LogP) is 6.38. The van der Waals surface area contributed by atoms with Gasteiger partial charge in [0, 0.05) is 51.6 Å². The summed E-state index contributed by atoms with van der Waals surface area (Å²) >= 11 is 0. The molecule has 18 heteroatoms. The van der Waals surface area contributed by atoms with Gasteiger partial charge in [-0.15, -0.1) is 0 Å². The van der Waals surface area contributed by atoms with E-state index in [1.807, 2.05) is 34.1 Å². The Bertz CT molecular complexity index is 2200. The molecule has 0 amide bonds. The third-order valence-electron chi connectivity index (χ3n) is 9.00. The van der Waals surface area contributed by atoms with E-state index in [9.17, 15) is 13.2 Å². The summed E-state index contributed by atoms with van der Waals surface area (Å²) in [6, 6.07) is 11.0. The van der Waals surface area contributed by atoms with E-state index < -0.39 is 26.3 Å². The molecule has 0 radical (unpaired) electrons. The number of hydrogen-bond acceptors (Lipinski definition) is 10. The second-order valence-electron chi connectivity index (χ2n) is 13.9. The molecule has 0 bridgehead atoms. The monoisotopic (exact) mass is 752 g/mol. The summed E-state index contributed by atoms with van der Waals surface area (Å²) in [6.07, 6.45) is 4.12. The van der Waals surface area contributed by atoms with E-state index in [-0.39, 0.29) is 25.3 Å². The molecule has 0 atom stereocenters. The van der Waals surface area contributed by atoms with Gasteiger partial charge in [-0.3, -0.25) is 0 Å². The zero-order chi connectivity index (χ0) is 37.3. The van der Waals surface area contributed by atoms with Crippen LogP contribution in [0.15, 0.2) is 55.0 Å². The van der Waals surface area contributed by atoms with Crippen molar-refractivity contribution in [3.8, 4) is 16.9 Å². The molecule has 0 spiro atoms. The number of halogens is 4. The summed E-state index contributed by atoms with van der Waals surface area (Å²) in [5.41, 5.74) is 2.38. The normalized spacial score (nSPS) is 13.9. The van der Waals surface area contributed by atoms with Crippen LogP contribution in [0.1, 0.15) is 17.9 Å². The van der Waals surface area contributed by atoms with Crippen LogP contribution in [-0.4, -0.2) is 87.0 Å². The Balaban J connectivity index is 1.37. The first kappa shape index (κ1) is 36.3. The summed E-state index contributed by atoms with van der Waals surface area (Å²) in [7, 11) is 0.177. The molecule has 7 rings (SSSR count). The maximum absolute atomic E-state index is 15.3. The number of hydrogen-bond donors (Lipinski definition) is 0. The summed E-state index contributed by atoms with van der Waals surface area (Å²) < 4.78 is 77.9. The molecule has 0 N–H and O–H groups in total. The lowest BCUT2D eigenvalue weighted by Gasteiger charge is -2.29. The second-order valence-corrected chi connectivity index (χ2v) is 19.6. The molecule has 2 aromatic carbocycles. The highest BCUT2D eigenvalue weighted by molar-refractivity contribution is 6.76. The van der Waals surface area contributed by atoms with Crippen LogP contribution in [0.25, 0.3) is 27.8 Å². The highest BCUT2D eigenvalue weighted by atomic mass is 28.3. The van der Waals surface area contributed by atoms with E-state index >= 15 is 4.39 Å². The maximum Gasteiger partial charge on any atom is 0.333 e. The fraction of sp³-hybridized carbons (Fsp3) is 0.400. The summed E-state index contributed by atoms with van der Waals surface area (Å²) in [5.74, 6) is -0.243. The number of benzene rings is 2. The van der Waals surface area contributed by atoms with Gasteiger partial charge in [0.2, 0.25) is 11.9 Å². The van der Waals surface area contributed by atoms with Crippen LogP contribution < -0.4 is 14.5 Å². The highest BCUT2D eigenvalue weighted by Crippen LogP contribution is 2.31. The molecular weight excluding hydrogens is 713 g/mol. The first-order chi connectivity index (χ1) is 25.5. The van der Waals surface area contributed by atoms with Crippen LogP contribution in [-0.2, 0) is 29.3 Å². The van der Waals surface area contributed by atoms with Crippen molar-refractivity contribution in [2.24, 2.45) is 0 Å². The SMILES string of the molecule is COc1ccc(CN(Cc2nc3c(F)c(F)ccc3n2COCC[Si](C)(C)C)c2nc(N3CCOCC3)nc3c(-c4cnn(C(F)F)c4)cnn23)cc1. The molecule has 53 heavy (non-hydrogen) atoms. The average molecular weight is 753 g/mol. The molecule has 0 unspecified atom stereocenters. The number of ether oxygens (including phenoxy) is 3. The molecule has 0 aliphatic carbocycles. The standard InChI is InChI=1S/C35H40F4N10O3Si/c1-50-25-7-5-23(6-8-25)19-46(21-29-42-31-28(10-9-27(36)30(31)37)47(29)22-52-15-16-53(2,3)4)35-44-34(45-11-13-51-14-12-45)43-32-26(18-41-49(32)35)24-17-40-48(20-24)33(38)39/h5-10,17-18,20,33H,11-16,19,21-22H2,1-4H3. The molecule has 6 aromatic rings. The van der Waals surface area contributed by atoms with Crippen molar-refractivity contribution < 1.29 is 31.8 Å². The van der Waals surface area contributed by atoms with E-state index in [0.29, 0.717) is 83.4 Å². The molecule has 4 aromatic heterocycles. The Labute approximate surface area is 303 Å². The van der Waals surface area contributed by atoms with Gasteiger partial charge in [0.05, 0.1) is 44.8 Å². The van der Waals surface area contributed by atoms with Crippen LogP contribution in [0.2, 0.25) is 25.7 Å². The van der Waals surface area contributed by atoms with Gasteiger partial charge < -0.3 is 28.6 Å². The zero-order valence-electron chi connectivity index (χ0n) is 29.8. The Morgan fingerprint density at radius 2 is 1.72 bits per heavy atom. The van der Waals surface area contributed by atoms with E-state index in [2.05, 4.69) is 34.8 Å². The number of rotatable bonds is 14. The Hall–Kier alpha value is -5.07. The summed E-state index contributed by atoms with van der Waals surface area (Å²) in [4.78, 5) is 18.4. The van der Waals surface area contributed by atoms with Gasteiger partial charge in [-0.2, -0.15) is 33.5 Å². The molecule has 0 saturated carbocycles. The van der Waals surface area contributed by atoms with Gasteiger partial charge in [0.15, 0.2) is 17.3 Å². The van der Waals surface area contributed by atoms with Crippen molar-refractivity contribution in [1.29, 1.82) is 0 Å². The Morgan fingerprint density at radius 3 is 2.42 bits per heavy atom. The zero-order valence-corrected chi connectivity index (χ0v) is 30.8. The number of nitrogens with zero attached hydrogens (tertiary/aromatic N) is 10. The second kappa shape index (κ2) is 15.1. The number of fused-ring (bicyclic) bond motifs is 2. The van der Waals surface area contributed by atoms with Crippen molar-refractivity contribution in [1.82, 2.24) is 38.9 Å². The van der Waals surface area contributed by atoms with E-state index in [0.717, 1.165) is 17.7 Å². The molecule has 1 aliphatic heterocycles. The minimum atomic E-state index is -2.82. The van der Waals surface area contributed by atoms with Gasteiger partial charge in [0.1, 0.15) is 23.8 Å². The van der Waals surface area contributed by atoms with Gasteiger partial charge in [0.25, 0.3) is 0 Å². The van der Waals surface area contributed by atoms with Crippen LogP contribution in [0, 0.1) is 11.6 Å². The number of aromatic nitrogens is 8. The van der Waals surface area contributed by atoms with Gasteiger partial charge in [-0.05, 0) is 35.9 Å². The predicted molar refractivity (Wildman–Crippen MR) is 193 cm³/mol. The van der Waals surface area contributed by atoms with Gasteiger partial charge >= 0.3 is 6.55 Å². The molecule has 1 fully saturated rings. The lowest BCUT2D eigenvalue weighted by Crippen LogP contribution is -2.38. The molecule has 1 saturated heterocycles. The number of methoxy groups -OCH3 is 1. The topological polar surface area (TPSA) is 113 Å². The number of morpholine rings is 1. The quantitative estimate of drug-likeness (QED) is 0.0707. The highest BCUT2D eigenvalue weighted by Gasteiger charge is 2.26. The first-order valence-electron chi connectivity index (χ1n) is 17.2. The maximum atomic E-state index is 15.3. The smallest absolute Gasteiger partial charge is 0.333 e. The summed E-state index contributed by atoms with van der Waals surface area (Å²) in [6.45, 7) is 6.82. The lowest BCUT2D eigenvalue weighted by atomic mass is 10.2.